The lowest BCUT2D eigenvalue weighted by atomic mass is 10.1. The number of carbonyl (C=O) groups excluding carboxylic acids is 1. The Labute approximate surface area is 185 Å². The molecule has 3 aromatic rings. The number of para-hydroxylation sites is 1. The minimum Gasteiger partial charge on any atom is -0.497 e. The lowest BCUT2D eigenvalue weighted by Gasteiger charge is -2.13. The fourth-order valence-corrected chi connectivity index (χ4v) is 2.75. The van der Waals surface area contributed by atoms with Crippen LogP contribution in [0.4, 0.5) is 5.69 Å². The number of carbonyl (C=O) groups is 2. The smallest absolute Gasteiger partial charge is 0.337 e. The van der Waals surface area contributed by atoms with Crippen LogP contribution < -0.4 is 24.3 Å². The molecule has 0 atom stereocenters. The normalized spacial score (nSPS) is 10.2. The highest BCUT2D eigenvalue weighted by Gasteiger charge is 2.14. The molecule has 0 aliphatic rings. The van der Waals surface area contributed by atoms with Crippen LogP contribution in [-0.2, 0) is 4.79 Å². The number of rotatable bonds is 11. The highest BCUT2D eigenvalue weighted by atomic mass is 16.5. The van der Waals surface area contributed by atoms with E-state index < -0.39 is 11.9 Å². The number of nitrogens with one attached hydrogen (secondary N) is 1. The van der Waals surface area contributed by atoms with Crippen LogP contribution in [0.3, 0.4) is 0 Å². The van der Waals surface area contributed by atoms with Crippen LogP contribution in [0.1, 0.15) is 10.4 Å². The van der Waals surface area contributed by atoms with Gasteiger partial charge in [-0.05, 0) is 48.5 Å². The van der Waals surface area contributed by atoms with E-state index in [1.54, 1.807) is 55.6 Å². The predicted molar refractivity (Wildman–Crippen MR) is 118 cm³/mol. The van der Waals surface area contributed by atoms with Gasteiger partial charge in [-0.15, -0.1) is 0 Å². The number of hydrogen-bond acceptors (Lipinski definition) is 6. The van der Waals surface area contributed by atoms with Crippen LogP contribution in [0.25, 0.3) is 0 Å². The van der Waals surface area contributed by atoms with Gasteiger partial charge in [0.15, 0.2) is 6.61 Å². The van der Waals surface area contributed by atoms with Gasteiger partial charge in [-0.25, -0.2) is 4.79 Å². The fraction of sp³-hybridized carbons (Fsp3) is 0.167. The molecule has 3 rings (SSSR count). The number of ether oxygens (including phenoxy) is 4. The van der Waals surface area contributed by atoms with Crippen molar-refractivity contribution in [3.05, 3.63) is 78.4 Å². The van der Waals surface area contributed by atoms with E-state index in [1.807, 2.05) is 6.07 Å². The van der Waals surface area contributed by atoms with Crippen molar-refractivity contribution in [1.29, 1.82) is 0 Å². The highest BCUT2D eigenvalue weighted by Crippen LogP contribution is 2.23. The summed E-state index contributed by atoms with van der Waals surface area (Å²) in [4.78, 5) is 23.7. The molecular weight excluding hydrogens is 414 g/mol. The van der Waals surface area contributed by atoms with E-state index in [9.17, 15) is 14.7 Å². The van der Waals surface area contributed by atoms with Crippen molar-refractivity contribution in [2.75, 3.05) is 32.2 Å². The van der Waals surface area contributed by atoms with Gasteiger partial charge in [0, 0.05) is 6.07 Å². The zero-order valence-electron chi connectivity index (χ0n) is 17.4. The quantitative estimate of drug-likeness (QED) is 0.439. The Morgan fingerprint density at radius 1 is 0.781 bits per heavy atom. The number of amides is 1. The molecule has 0 saturated carbocycles. The van der Waals surface area contributed by atoms with Gasteiger partial charge in [-0.3, -0.25) is 4.79 Å². The second-order valence-corrected chi connectivity index (χ2v) is 6.53. The summed E-state index contributed by atoms with van der Waals surface area (Å²) < 4.78 is 21.7. The maximum atomic E-state index is 12.2. The van der Waals surface area contributed by atoms with Crippen molar-refractivity contribution in [1.82, 2.24) is 0 Å². The maximum Gasteiger partial charge on any atom is 0.337 e. The van der Waals surface area contributed by atoms with E-state index in [-0.39, 0.29) is 31.1 Å². The molecule has 0 aliphatic heterocycles. The van der Waals surface area contributed by atoms with Crippen molar-refractivity contribution >= 4 is 17.6 Å². The summed E-state index contributed by atoms with van der Waals surface area (Å²) in [5.41, 5.74) is 0.0626. The molecule has 0 radical (unpaired) electrons. The highest BCUT2D eigenvalue weighted by molar-refractivity contribution is 6.01. The molecule has 32 heavy (non-hydrogen) atoms. The Bertz CT molecular complexity index is 1040. The SMILES string of the molecule is COc1ccc(OCCOc2ccc(C(=O)O)c(NC(=O)COc3ccccc3)c2)cc1. The zero-order chi connectivity index (χ0) is 22.8. The summed E-state index contributed by atoms with van der Waals surface area (Å²) in [7, 11) is 1.59. The van der Waals surface area contributed by atoms with Gasteiger partial charge in [0.25, 0.3) is 5.91 Å². The molecule has 0 saturated heterocycles. The van der Waals surface area contributed by atoms with E-state index in [1.165, 1.54) is 18.2 Å². The topological polar surface area (TPSA) is 103 Å². The molecule has 0 spiro atoms. The average molecular weight is 437 g/mol. The second-order valence-electron chi connectivity index (χ2n) is 6.53. The number of anilines is 1. The molecule has 0 aromatic heterocycles. The van der Waals surface area contributed by atoms with Crippen LogP contribution in [-0.4, -0.2) is 43.9 Å². The standard InChI is InChI=1S/C24H23NO7/c1-29-17-7-9-19(10-8-17)30-13-14-31-20-11-12-21(24(27)28)22(15-20)25-23(26)16-32-18-5-3-2-4-6-18/h2-12,15H,13-14,16H2,1H3,(H,25,26)(H,27,28). The van der Waals surface area contributed by atoms with Crippen LogP contribution in [0, 0.1) is 0 Å². The molecule has 2 N–H and O–H groups in total. The summed E-state index contributed by atoms with van der Waals surface area (Å²) in [6.45, 7) is 0.242. The van der Waals surface area contributed by atoms with Gasteiger partial charge >= 0.3 is 5.97 Å². The number of hydrogen-bond donors (Lipinski definition) is 2. The van der Waals surface area contributed by atoms with Gasteiger partial charge < -0.3 is 29.4 Å². The Morgan fingerprint density at radius 3 is 2.03 bits per heavy atom. The summed E-state index contributed by atoms with van der Waals surface area (Å²) in [6, 6.07) is 20.3. The van der Waals surface area contributed by atoms with Gasteiger partial charge in [-0.2, -0.15) is 0 Å². The first-order valence-corrected chi connectivity index (χ1v) is 9.80. The van der Waals surface area contributed by atoms with Crippen LogP contribution in [0.15, 0.2) is 72.8 Å². The Hall–Kier alpha value is -4.20. The van der Waals surface area contributed by atoms with E-state index in [2.05, 4.69) is 5.32 Å². The Balaban J connectivity index is 1.54. The number of carboxylic acids is 1. The number of methoxy groups -OCH3 is 1. The van der Waals surface area contributed by atoms with E-state index in [0.717, 1.165) is 5.75 Å². The van der Waals surface area contributed by atoms with E-state index >= 15 is 0 Å². The van der Waals surface area contributed by atoms with Crippen molar-refractivity contribution in [2.45, 2.75) is 0 Å². The first-order valence-electron chi connectivity index (χ1n) is 9.80. The third-order valence-corrected chi connectivity index (χ3v) is 4.29. The van der Waals surface area contributed by atoms with Crippen molar-refractivity contribution in [2.24, 2.45) is 0 Å². The molecule has 0 fully saturated rings. The van der Waals surface area contributed by atoms with Gasteiger partial charge in [0.2, 0.25) is 0 Å². The van der Waals surface area contributed by atoms with E-state index in [0.29, 0.717) is 17.2 Å². The first-order chi connectivity index (χ1) is 15.5. The lowest BCUT2D eigenvalue weighted by molar-refractivity contribution is -0.118. The minimum absolute atomic E-state index is 0.0557. The third kappa shape index (κ3) is 6.66. The van der Waals surface area contributed by atoms with Crippen molar-refractivity contribution in [3.8, 4) is 23.0 Å². The fourth-order valence-electron chi connectivity index (χ4n) is 2.75. The zero-order valence-corrected chi connectivity index (χ0v) is 17.4. The molecule has 0 unspecified atom stereocenters. The molecule has 3 aromatic carbocycles. The Morgan fingerprint density at radius 2 is 1.38 bits per heavy atom. The summed E-state index contributed by atoms with van der Waals surface area (Å²) in [6.07, 6.45) is 0. The molecule has 8 nitrogen and oxygen atoms in total. The first kappa shape index (κ1) is 22.5. The van der Waals surface area contributed by atoms with Crippen LogP contribution in [0.2, 0.25) is 0 Å². The van der Waals surface area contributed by atoms with Gasteiger partial charge in [0.05, 0.1) is 18.4 Å². The van der Waals surface area contributed by atoms with Crippen LogP contribution in [0.5, 0.6) is 23.0 Å². The number of carboxylic acid groups (broad SMARTS) is 1. The number of benzene rings is 3. The largest absolute Gasteiger partial charge is 0.497 e. The van der Waals surface area contributed by atoms with Crippen molar-refractivity contribution < 1.29 is 33.6 Å². The van der Waals surface area contributed by atoms with Crippen LogP contribution >= 0.6 is 0 Å². The predicted octanol–water partition coefficient (Wildman–Crippen LogP) is 3.87. The monoisotopic (exact) mass is 437 g/mol. The molecule has 1 amide bonds. The average Bonchev–Trinajstić information content (AvgIpc) is 2.81. The van der Waals surface area contributed by atoms with Crippen molar-refractivity contribution in [3.63, 3.8) is 0 Å². The number of aromatic carboxylic acids is 1. The summed E-state index contributed by atoms with van der Waals surface area (Å²) in [5, 5.41) is 12.0. The lowest BCUT2D eigenvalue weighted by Crippen LogP contribution is -2.21. The third-order valence-electron chi connectivity index (χ3n) is 4.29. The molecule has 166 valence electrons. The summed E-state index contributed by atoms with van der Waals surface area (Å²) in [5.74, 6) is 0.676. The van der Waals surface area contributed by atoms with Gasteiger partial charge in [0.1, 0.15) is 36.2 Å². The molecule has 0 aliphatic carbocycles. The molecule has 0 bridgehead atoms. The Kier molecular flexibility index (Phi) is 7.91. The molecular formula is C24H23NO7. The van der Waals surface area contributed by atoms with Gasteiger partial charge in [-0.1, -0.05) is 18.2 Å². The second kappa shape index (κ2) is 11.3. The molecule has 8 heteroatoms. The summed E-state index contributed by atoms with van der Waals surface area (Å²) >= 11 is 0. The minimum atomic E-state index is -1.17. The maximum absolute atomic E-state index is 12.2. The van der Waals surface area contributed by atoms with E-state index in [4.69, 9.17) is 18.9 Å². The molecule has 0 heterocycles.